The third-order valence-corrected chi connectivity index (χ3v) is 3.00. The first kappa shape index (κ1) is 15.4. The normalized spacial score (nSPS) is 11.5. The van der Waals surface area contributed by atoms with Crippen LogP contribution in [0.2, 0.25) is 5.02 Å². The summed E-state index contributed by atoms with van der Waals surface area (Å²) in [7, 11) is 0. The Kier molecular flexibility index (Phi) is 3.95. The molecule has 0 unspecified atom stereocenters. The smallest absolute Gasteiger partial charge is 0.383 e. The average Bonchev–Trinajstić information content (AvgIpc) is 2.33. The van der Waals surface area contributed by atoms with Crippen LogP contribution in [0.5, 0.6) is 0 Å². The average molecular weight is 317 g/mol. The van der Waals surface area contributed by atoms with Gasteiger partial charge in [-0.3, -0.25) is 0 Å². The SMILES string of the molecule is Cc1nc(N)c(C)c(Nc2cc(Cl)cc(C(F)(F)F)c2)n1. The lowest BCUT2D eigenvalue weighted by atomic mass is 10.2. The van der Waals surface area contributed by atoms with Gasteiger partial charge < -0.3 is 11.1 Å². The summed E-state index contributed by atoms with van der Waals surface area (Å²) in [6.07, 6.45) is -4.48. The van der Waals surface area contributed by atoms with E-state index in [9.17, 15) is 13.2 Å². The highest BCUT2D eigenvalue weighted by molar-refractivity contribution is 6.31. The number of anilines is 3. The number of nitrogens with one attached hydrogen (secondary N) is 1. The second-order valence-corrected chi connectivity index (χ2v) is 4.92. The first-order valence-electron chi connectivity index (χ1n) is 5.92. The van der Waals surface area contributed by atoms with E-state index in [0.29, 0.717) is 17.2 Å². The molecule has 0 aliphatic carbocycles. The van der Waals surface area contributed by atoms with Crippen molar-refractivity contribution >= 4 is 28.9 Å². The lowest BCUT2D eigenvalue weighted by Gasteiger charge is -2.13. The number of halogens is 4. The minimum absolute atomic E-state index is 0.0243. The minimum Gasteiger partial charge on any atom is -0.383 e. The van der Waals surface area contributed by atoms with Crippen LogP contribution in [0.1, 0.15) is 17.0 Å². The highest BCUT2D eigenvalue weighted by Gasteiger charge is 2.31. The van der Waals surface area contributed by atoms with Crippen LogP contribution in [0.4, 0.5) is 30.5 Å². The van der Waals surface area contributed by atoms with Gasteiger partial charge in [0.25, 0.3) is 0 Å². The first-order valence-corrected chi connectivity index (χ1v) is 6.30. The van der Waals surface area contributed by atoms with E-state index in [0.717, 1.165) is 12.1 Å². The molecule has 0 aliphatic heterocycles. The lowest BCUT2D eigenvalue weighted by Crippen LogP contribution is -2.07. The van der Waals surface area contributed by atoms with Crippen molar-refractivity contribution in [1.82, 2.24) is 9.97 Å². The van der Waals surface area contributed by atoms with Gasteiger partial charge in [-0.1, -0.05) is 11.6 Å². The maximum atomic E-state index is 12.8. The van der Waals surface area contributed by atoms with E-state index in [4.69, 9.17) is 17.3 Å². The Hall–Kier alpha value is -2.02. The van der Waals surface area contributed by atoms with E-state index in [1.54, 1.807) is 13.8 Å². The van der Waals surface area contributed by atoms with E-state index < -0.39 is 11.7 Å². The highest BCUT2D eigenvalue weighted by Crippen LogP contribution is 2.34. The fraction of sp³-hybridized carbons (Fsp3) is 0.231. The van der Waals surface area contributed by atoms with Crippen molar-refractivity contribution in [2.24, 2.45) is 0 Å². The summed E-state index contributed by atoms with van der Waals surface area (Å²) >= 11 is 5.73. The maximum absolute atomic E-state index is 12.8. The molecule has 0 radical (unpaired) electrons. The van der Waals surface area contributed by atoms with Crippen molar-refractivity contribution in [2.75, 3.05) is 11.1 Å². The number of hydrogen-bond donors (Lipinski definition) is 2. The number of aryl methyl sites for hydroxylation is 1. The van der Waals surface area contributed by atoms with Crippen molar-refractivity contribution in [3.63, 3.8) is 0 Å². The van der Waals surface area contributed by atoms with E-state index in [2.05, 4.69) is 15.3 Å². The molecule has 0 aliphatic rings. The topological polar surface area (TPSA) is 63.8 Å². The summed E-state index contributed by atoms with van der Waals surface area (Å²) in [5, 5.41) is 2.77. The van der Waals surface area contributed by atoms with Crippen molar-refractivity contribution in [3.05, 3.63) is 40.2 Å². The molecule has 21 heavy (non-hydrogen) atoms. The van der Waals surface area contributed by atoms with E-state index in [1.165, 1.54) is 6.07 Å². The van der Waals surface area contributed by atoms with Crippen LogP contribution in [0.3, 0.4) is 0 Å². The number of nitrogen functional groups attached to an aromatic ring is 1. The Labute approximate surface area is 124 Å². The predicted molar refractivity (Wildman–Crippen MR) is 75.7 cm³/mol. The summed E-state index contributed by atoms with van der Waals surface area (Å²) in [5.41, 5.74) is 5.59. The van der Waals surface area contributed by atoms with Gasteiger partial charge in [0, 0.05) is 16.3 Å². The summed E-state index contributed by atoms with van der Waals surface area (Å²) in [5.74, 6) is 1.03. The van der Waals surface area contributed by atoms with E-state index in [-0.39, 0.29) is 16.5 Å². The zero-order valence-electron chi connectivity index (χ0n) is 11.2. The van der Waals surface area contributed by atoms with Crippen molar-refractivity contribution in [2.45, 2.75) is 20.0 Å². The van der Waals surface area contributed by atoms with Gasteiger partial charge in [-0.2, -0.15) is 13.2 Å². The van der Waals surface area contributed by atoms with Gasteiger partial charge in [-0.05, 0) is 32.0 Å². The third kappa shape index (κ3) is 3.55. The minimum atomic E-state index is -4.48. The summed E-state index contributed by atoms with van der Waals surface area (Å²) in [4.78, 5) is 8.09. The Morgan fingerprint density at radius 1 is 1.14 bits per heavy atom. The van der Waals surface area contributed by atoms with Crippen LogP contribution in [0, 0.1) is 13.8 Å². The van der Waals surface area contributed by atoms with Crippen molar-refractivity contribution < 1.29 is 13.2 Å². The zero-order chi connectivity index (χ0) is 15.8. The fourth-order valence-corrected chi connectivity index (χ4v) is 1.97. The van der Waals surface area contributed by atoms with Crippen LogP contribution in [-0.2, 0) is 6.18 Å². The van der Waals surface area contributed by atoms with E-state index >= 15 is 0 Å². The second kappa shape index (κ2) is 5.40. The number of benzene rings is 1. The summed E-state index contributed by atoms with van der Waals surface area (Å²) < 4.78 is 38.3. The molecular formula is C13H12ClF3N4. The van der Waals surface area contributed by atoms with Crippen LogP contribution in [-0.4, -0.2) is 9.97 Å². The molecule has 0 saturated heterocycles. The molecule has 0 amide bonds. The van der Waals surface area contributed by atoms with Crippen LogP contribution in [0.15, 0.2) is 18.2 Å². The molecule has 0 bridgehead atoms. The van der Waals surface area contributed by atoms with Gasteiger partial charge >= 0.3 is 6.18 Å². The molecule has 1 aromatic carbocycles. The standard InChI is InChI=1S/C13H12ClF3N4/c1-6-11(18)19-7(2)20-12(6)21-10-4-8(13(15,16)17)3-9(14)5-10/h3-5H,1-2H3,(H3,18,19,20,21). The molecule has 3 N–H and O–H groups in total. The molecule has 2 rings (SSSR count). The molecule has 2 aromatic rings. The number of hydrogen-bond acceptors (Lipinski definition) is 4. The number of alkyl halides is 3. The van der Waals surface area contributed by atoms with Crippen LogP contribution < -0.4 is 11.1 Å². The van der Waals surface area contributed by atoms with Gasteiger partial charge in [-0.25, -0.2) is 9.97 Å². The largest absolute Gasteiger partial charge is 0.416 e. The molecule has 0 fully saturated rings. The van der Waals surface area contributed by atoms with Gasteiger partial charge in [0.15, 0.2) is 0 Å². The Morgan fingerprint density at radius 2 is 1.81 bits per heavy atom. The Balaban J connectivity index is 2.43. The molecule has 1 heterocycles. The van der Waals surface area contributed by atoms with Crippen LogP contribution in [0.25, 0.3) is 0 Å². The number of nitrogens with two attached hydrogens (primary N) is 1. The lowest BCUT2D eigenvalue weighted by molar-refractivity contribution is -0.137. The maximum Gasteiger partial charge on any atom is 0.416 e. The highest BCUT2D eigenvalue weighted by atomic mass is 35.5. The number of aromatic nitrogens is 2. The summed E-state index contributed by atoms with van der Waals surface area (Å²) in [6, 6.07) is 3.20. The predicted octanol–water partition coefficient (Wildman–Crippen LogP) is 4.09. The quantitative estimate of drug-likeness (QED) is 0.876. The van der Waals surface area contributed by atoms with Gasteiger partial charge in [0.05, 0.1) is 5.56 Å². The summed E-state index contributed by atoms with van der Waals surface area (Å²) in [6.45, 7) is 3.31. The fourth-order valence-electron chi connectivity index (χ4n) is 1.73. The van der Waals surface area contributed by atoms with Gasteiger partial charge in [0.1, 0.15) is 17.5 Å². The molecule has 0 spiro atoms. The third-order valence-electron chi connectivity index (χ3n) is 2.78. The Morgan fingerprint density at radius 3 is 2.43 bits per heavy atom. The van der Waals surface area contributed by atoms with Gasteiger partial charge in [-0.15, -0.1) is 0 Å². The molecule has 0 atom stereocenters. The van der Waals surface area contributed by atoms with Crippen molar-refractivity contribution in [3.8, 4) is 0 Å². The van der Waals surface area contributed by atoms with Crippen LogP contribution >= 0.6 is 11.6 Å². The van der Waals surface area contributed by atoms with E-state index in [1.807, 2.05) is 0 Å². The molecule has 4 nitrogen and oxygen atoms in total. The molecule has 1 aromatic heterocycles. The Bertz CT molecular complexity index is 686. The first-order chi connectivity index (χ1) is 9.66. The number of rotatable bonds is 2. The van der Waals surface area contributed by atoms with Crippen molar-refractivity contribution in [1.29, 1.82) is 0 Å². The molecule has 8 heteroatoms. The van der Waals surface area contributed by atoms with Gasteiger partial charge in [0.2, 0.25) is 0 Å². The molecule has 0 saturated carbocycles. The molecule has 112 valence electrons. The molecular weight excluding hydrogens is 305 g/mol. The zero-order valence-corrected chi connectivity index (χ0v) is 12.0. The second-order valence-electron chi connectivity index (χ2n) is 4.48. The number of nitrogens with zero attached hydrogens (tertiary/aromatic N) is 2. The monoisotopic (exact) mass is 316 g/mol.